The highest BCUT2D eigenvalue weighted by Crippen LogP contribution is 2.15. The number of piperidine rings is 1. The van der Waals surface area contributed by atoms with Crippen molar-refractivity contribution in [1.82, 2.24) is 10.6 Å². The standard InChI is InChI=1S/C13H20N2O2/c1-9-6-12(8-17-9)13(16)15-10(2)11-4-3-5-14-7-11/h6,8,10-11,14H,3-5,7H2,1-2H3,(H,15,16). The van der Waals surface area contributed by atoms with Gasteiger partial charge in [-0.25, -0.2) is 0 Å². The first-order chi connectivity index (χ1) is 8.16. The molecule has 4 nitrogen and oxygen atoms in total. The van der Waals surface area contributed by atoms with Gasteiger partial charge in [0.1, 0.15) is 12.0 Å². The molecule has 0 saturated carbocycles. The van der Waals surface area contributed by atoms with E-state index in [-0.39, 0.29) is 11.9 Å². The Morgan fingerprint density at radius 1 is 1.65 bits per heavy atom. The van der Waals surface area contributed by atoms with Crippen LogP contribution >= 0.6 is 0 Å². The topological polar surface area (TPSA) is 54.3 Å². The van der Waals surface area contributed by atoms with Crippen molar-refractivity contribution in [3.05, 3.63) is 23.7 Å². The third-order valence-corrected chi connectivity index (χ3v) is 3.39. The third-order valence-electron chi connectivity index (χ3n) is 3.39. The molecule has 1 aliphatic rings. The summed E-state index contributed by atoms with van der Waals surface area (Å²) in [7, 11) is 0. The van der Waals surface area contributed by atoms with E-state index in [1.54, 1.807) is 6.07 Å². The van der Waals surface area contributed by atoms with Gasteiger partial charge in [-0.1, -0.05) is 0 Å². The molecule has 1 fully saturated rings. The molecule has 0 aliphatic carbocycles. The van der Waals surface area contributed by atoms with Crippen LogP contribution in [0.5, 0.6) is 0 Å². The first kappa shape index (κ1) is 12.2. The molecule has 17 heavy (non-hydrogen) atoms. The van der Waals surface area contributed by atoms with Crippen LogP contribution in [-0.2, 0) is 0 Å². The number of hydrogen-bond acceptors (Lipinski definition) is 3. The van der Waals surface area contributed by atoms with Gasteiger partial charge in [-0.3, -0.25) is 4.79 Å². The molecule has 2 atom stereocenters. The van der Waals surface area contributed by atoms with E-state index in [0.29, 0.717) is 11.5 Å². The molecular formula is C13H20N2O2. The van der Waals surface area contributed by atoms with E-state index in [1.807, 2.05) is 6.92 Å². The number of furan rings is 1. The van der Waals surface area contributed by atoms with Crippen molar-refractivity contribution in [2.75, 3.05) is 13.1 Å². The minimum absolute atomic E-state index is 0.0417. The largest absolute Gasteiger partial charge is 0.469 e. The van der Waals surface area contributed by atoms with E-state index in [9.17, 15) is 4.79 Å². The van der Waals surface area contributed by atoms with Crippen LogP contribution in [0.3, 0.4) is 0 Å². The average Bonchev–Trinajstić information content (AvgIpc) is 2.77. The number of aryl methyl sites for hydroxylation is 1. The Kier molecular flexibility index (Phi) is 3.84. The maximum atomic E-state index is 11.9. The van der Waals surface area contributed by atoms with Gasteiger partial charge in [0.25, 0.3) is 5.91 Å². The third kappa shape index (κ3) is 3.09. The molecule has 2 unspecified atom stereocenters. The van der Waals surface area contributed by atoms with E-state index in [1.165, 1.54) is 19.1 Å². The minimum Gasteiger partial charge on any atom is -0.469 e. The zero-order valence-corrected chi connectivity index (χ0v) is 10.5. The molecule has 0 aromatic carbocycles. The Balaban J connectivity index is 1.89. The van der Waals surface area contributed by atoms with Crippen molar-refractivity contribution in [3.63, 3.8) is 0 Å². The molecule has 0 radical (unpaired) electrons. The molecule has 2 N–H and O–H groups in total. The Bertz CT molecular complexity index is 381. The molecule has 0 bridgehead atoms. The maximum absolute atomic E-state index is 11.9. The summed E-state index contributed by atoms with van der Waals surface area (Å²) in [5.74, 6) is 1.25. The second-order valence-corrected chi connectivity index (χ2v) is 4.81. The van der Waals surface area contributed by atoms with Gasteiger partial charge >= 0.3 is 0 Å². The van der Waals surface area contributed by atoms with Crippen molar-refractivity contribution >= 4 is 5.91 Å². The lowest BCUT2D eigenvalue weighted by Gasteiger charge is -2.28. The fourth-order valence-electron chi connectivity index (χ4n) is 2.28. The van der Waals surface area contributed by atoms with Gasteiger partial charge in [0.2, 0.25) is 0 Å². The van der Waals surface area contributed by atoms with Crippen LogP contribution in [0.25, 0.3) is 0 Å². The van der Waals surface area contributed by atoms with Gasteiger partial charge in [0.05, 0.1) is 5.56 Å². The number of hydrogen-bond donors (Lipinski definition) is 2. The second-order valence-electron chi connectivity index (χ2n) is 4.81. The van der Waals surface area contributed by atoms with Crippen LogP contribution in [0.2, 0.25) is 0 Å². The van der Waals surface area contributed by atoms with Gasteiger partial charge in [0, 0.05) is 6.04 Å². The molecule has 2 rings (SSSR count). The lowest BCUT2D eigenvalue weighted by atomic mass is 9.92. The first-order valence-electron chi connectivity index (χ1n) is 6.23. The van der Waals surface area contributed by atoms with Crippen molar-refractivity contribution in [3.8, 4) is 0 Å². The average molecular weight is 236 g/mol. The number of carbonyl (C=O) groups is 1. The van der Waals surface area contributed by atoms with Crippen LogP contribution in [0, 0.1) is 12.8 Å². The van der Waals surface area contributed by atoms with Crippen molar-refractivity contribution < 1.29 is 9.21 Å². The molecule has 0 spiro atoms. The molecule has 4 heteroatoms. The van der Waals surface area contributed by atoms with Crippen LogP contribution in [0.4, 0.5) is 0 Å². The summed E-state index contributed by atoms with van der Waals surface area (Å²) in [4.78, 5) is 11.9. The summed E-state index contributed by atoms with van der Waals surface area (Å²) < 4.78 is 5.14. The van der Waals surface area contributed by atoms with Gasteiger partial charge in [0.15, 0.2) is 0 Å². The van der Waals surface area contributed by atoms with Crippen LogP contribution in [0.1, 0.15) is 35.9 Å². The zero-order chi connectivity index (χ0) is 12.3. The van der Waals surface area contributed by atoms with Crippen LogP contribution in [-0.4, -0.2) is 25.0 Å². The monoisotopic (exact) mass is 236 g/mol. The van der Waals surface area contributed by atoms with Gasteiger partial charge in [-0.15, -0.1) is 0 Å². The quantitative estimate of drug-likeness (QED) is 0.840. The number of rotatable bonds is 3. The minimum atomic E-state index is -0.0417. The highest BCUT2D eigenvalue weighted by molar-refractivity contribution is 5.94. The lowest BCUT2D eigenvalue weighted by Crippen LogP contribution is -2.44. The number of amides is 1. The molecule has 1 amide bonds. The second kappa shape index (κ2) is 5.36. The van der Waals surface area contributed by atoms with E-state index in [4.69, 9.17) is 4.42 Å². The lowest BCUT2D eigenvalue weighted by molar-refractivity contribution is 0.0921. The van der Waals surface area contributed by atoms with Crippen LogP contribution < -0.4 is 10.6 Å². The zero-order valence-electron chi connectivity index (χ0n) is 10.5. The predicted molar refractivity (Wildman–Crippen MR) is 66.0 cm³/mol. The van der Waals surface area contributed by atoms with E-state index >= 15 is 0 Å². The summed E-state index contributed by atoms with van der Waals surface area (Å²) in [5.41, 5.74) is 0.609. The highest BCUT2D eigenvalue weighted by Gasteiger charge is 2.22. The molecule has 2 heterocycles. The smallest absolute Gasteiger partial charge is 0.254 e. The molecular weight excluding hydrogens is 216 g/mol. The predicted octanol–water partition coefficient (Wildman–Crippen LogP) is 1.71. The fourth-order valence-corrected chi connectivity index (χ4v) is 2.28. The van der Waals surface area contributed by atoms with E-state index < -0.39 is 0 Å². The Morgan fingerprint density at radius 2 is 2.47 bits per heavy atom. The Morgan fingerprint density at radius 3 is 3.06 bits per heavy atom. The summed E-state index contributed by atoms with van der Waals surface area (Å²) in [5, 5.41) is 6.40. The Hall–Kier alpha value is -1.29. The van der Waals surface area contributed by atoms with E-state index in [0.717, 1.165) is 18.8 Å². The molecule has 1 saturated heterocycles. The summed E-state index contributed by atoms with van der Waals surface area (Å²) >= 11 is 0. The molecule has 1 aromatic heterocycles. The highest BCUT2D eigenvalue weighted by atomic mass is 16.3. The number of carbonyl (C=O) groups excluding carboxylic acids is 1. The van der Waals surface area contributed by atoms with Crippen LogP contribution in [0.15, 0.2) is 16.7 Å². The molecule has 1 aromatic rings. The Labute approximate surface area is 102 Å². The van der Waals surface area contributed by atoms with Gasteiger partial charge < -0.3 is 15.1 Å². The normalized spacial score (nSPS) is 22.1. The molecule has 1 aliphatic heterocycles. The summed E-state index contributed by atoms with van der Waals surface area (Å²) in [6, 6.07) is 1.96. The van der Waals surface area contributed by atoms with Gasteiger partial charge in [-0.05, 0) is 51.8 Å². The fraction of sp³-hybridized carbons (Fsp3) is 0.615. The van der Waals surface area contributed by atoms with E-state index in [2.05, 4.69) is 17.6 Å². The van der Waals surface area contributed by atoms with Crippen molar-refractivity contribution in [1.29, 1.82) is 0 Å². The SMILES string of the molecule is Cc1cc(C(=O)NC(C)C2CCCNC2)co1. The van der Waals surface area contributed by atoms with Crippen molar-refractivity contribution in [2.45, 2.75) is 32.7 Å². The first-order valence-corrected chi connectivity index (χ1v) is 6.23. The molecule has 94 valence electrons. The maximum Gasteiger partial charge on any atom is 0.254 e. The summed E-state index contributed by atoms with van der Waals surface area (Å²) in [6.45, 7) is 6.00. The van der Waals surface area contributed by atoms with Crippen molar-refractivity contribution in [2.24, 2.45) is 5.92 Å². The summed E-state index contributed by atoms with van der Waals surface area (Å²) in [6.07, 6.45) is 3.88. The number of nitrogens with one attached hydrogen (secondary N) is 2. The van der Waals surface area contributed by atoms with Gasteiger partial charge in [-0.2, -0.15) is 0 Å².